The number of hydrogen-bond donors (Lipinski definition) is 1. The molecule has 0 saturated carbocycles. The fraction of sp³-hybridized carbons (Fsp3) is 0.417. The predicted molar refractivity (Wildman–Crippen MR) is 74.5 cm³/mol. The number of nitrogens with zero attached hydrogens (tertiary/aromatic N) is 2. The van der Waals surface area contributed by atoms with Gasteiger partial charge in [-0.15, -0.1) is 0 Å². The van der Waals surface area contributed by atoms with Crippen molar-refractivity contribution in [2.45, 2.75) is 25.2 Å². The molecule has 21 heavy (non-hydrogen) atoms. The molecule has 0 fully saturated rings. The maximum atomic E-state index is 12.4. The molecule has 0 aliphatic carbocycles. The van der Waals surface area contributed by atoms with E-state index in [9.17, 15) is 23.3 Å². The zero-order chi connectivity index (χ0) is 16.2. The van der Waals surface area contributed by atoms with Gasteiger partial charge in [0.1, 0.15) is 6.54 Å². The van der Waals surface area contributed by atoms with E-state index in [4.69, 9.17) is 5.11 Å². The molecule has 0 aromatic heterocycles. The summed E-state index contributed by atoms with van der Waals surface area (Å²) in [6.07, 6.45) is 0.431. The average molecular weight is 316 g/mol. The van der Waals surface area contributed by atoms with E-state index in [0.29, 0.717) is 12.0 Å². The van der Waals surface area contributed by atoms with E-state index in [0.717, 1.165) is 10.4 Å². The van der Waals surface area contributed by atoms with Crippen molar-refractivity contribution in [3.8, 4) is 0 Å². The second kappa shape index (κ2) is 6.64. The molecule has 0 bridgehead atoms. The summed E-state index contributed by atoms with van der Waals surface area (Å²) in [7, 11) is -4.08. The molecule has 0 saturated heterocycles. The molecule has 0 radical (unpaired) electrons. The zero-order valence-electron chi connectivity index (χ0n) is 11.6. The van der Waals surface area contributed by atoms with Crippen molar-refractivity contribution in [1.29, 1.82) is 0 Å². The highest BCUT2D eigenvalue weighted by molar-refractivity contribution is 7.89. The molecule has 0 atom stereocenters. The molecule has 1 N–H and O–H groups in total. The highest BCUT2D eigenvalue weighted by atomic mass is 32.2. The number of aliphatic carboxylic acids is 1. The van der Waals surface area contributed by atoms with Crippen LogP contribution in [-0.2, 0) is 14.8 Å². The molecule has 0 heterocycles. The Hall–Kier alpha value is -2.00. The fourth-order valence-corrected chi connectivity index (χ4v) is 3.28. The Labute approximate surface area is 122 Å². The van der Waals surface area contributed by atoms with Crippen molar-refractivity contribution in [3.05, 3.63) is 33.9 Å². The lowest BCUT2D eigenvalue weighted by atomic mass is 10.2. The van der Waals surface area contributed by atoms with Gasteiger partial charge in [0.25, 0.3) is 5.69 Å². The van der Waals surface area contributed by atoms with E-state index in [-0.39, 0.29) is 17.1 Å². The minimum atomic E-state index is -4.08. The topological polar surface area (TPSA) is 118 Å². The largest absolute Gasteiger partial charge is 0.480 e. The number of carbonyl (C=O) groups is 1. The molecule has 9 heteroatoms. The Balaban J connectivity index is 3.30. The Morgan fingerprint density at radius 3 is 2.52 bits per heavy atom. The third-order valence-electron chi connectivity index (χ3n) is 2.80. The van der Waals surface area contributed by atoms with Crippen LogP contribution in [0, 0.1) is 17.0 Å². The number of nitro groups is 1. The summed E-state index contributed by atoms with van der Waals surface area (Å²) in [6, 6.07) is 3.52. The van der Waals surface area contributed by atoms with E-state index in [1.54, 1.807) is 6.92 Å². The maximum absolute atomic E-state index is 12.4. The summed E-state index contributed by atoms with van der Waals surface area (Å²) in [4.78, 5) is 20.7. The molecule has 116 valence electrons. The van der Waals surface area contributed by atoms with Crippen LogP contribution in [0.1, 0.15) is 18.9 Å². The lowest BCUT2D eigenvalue weighted by Gasteiger charge is -2.19. The third-order valence-corrected chi connectivity index (χ3v) is 4.64. The number of sulfonamides is 1. The van der Waals surface area contributed by atoms with Crippen LogP contribution in [0.5, 0.6) is 0 Å². The second-order valence-corrected chi connectivity index (χ2v) is 6.38. The molecule has 1 aromatic rings. The lowest BCUT2D eigenvalue weighted by Crippen LogP contribution is -2.36. The van der Waals surface area contributed by atoms with Crippen LogP contribution in [0.2, 0.25) is 0 Å². The van der Waals surface area contributed by atoms with Gasteiger partial charge >= 0.3 is 5.97 Å². The molecule has 1 rings (SSSR count). The van der Waals surface area contributed by atoms with Gasteiger partial charge in [0.15, 0.2) is 0 Å². The normalized spacial score (nSPS) is 11.6. The first-order valence-corrected chi connectivity index (χ1v) is 7.61. The van der Waals surface area contributed by atoms with E-state index in [1.807, 2.05) is 0 Å². The van der Waals surface area contributed by atoms with Gasteiger partial charge in [-0.2, -0.15) is 4.31 Å². The number of aryl methyl sites for hydroxylation is 1. The number of carboxylic acids is 1. The number of benzene rings is 1. The molecule has 0 unspecified atom stereocenters. The SMILES string of the molecule is CCCN(CC(=O)O)S(=O)(=O)c1ccc(C)c([N+](=O)[O-])c1. The predicted octanol–water partition coefficient (Wildman–Crippen LogP) is 1.39. The molecule has 0 aliphatic rings. The summed E-state index contributed by atoms with van der Waals surface area (Å²) in [5.41, 5.74) is 0.0158. The maximum Gasteiger partial charge on any atom is 0.318 e. The Kier molecular flexibility index (Phi) is 5.39. The number of nitro benzene ring substituents is 1. The van der Waals surface area contributed by atoms with Gasteiger partial charge in [-0.1, -0.05) is 13.0 Å². The second-order valence-electron chi connectivity index (χ2n) is 4.44. The molecular formula is C12H16N2O6S. The Morgan fingerprint density at radius 1 is 1.43 bits per heavy atom. The van der Waals surface area contributed by atoms with Crippen molar-refractivity contribution in [2.75, 3.05) is 13.1 Å². The summed E-state index contributed by atoms with van der Waals surface area (Å²) >= 11 is 0. The van der Waals surface area contributed by atoms with E-state index >= 15 is 0 Å². The highest BCUT2D eigenvalue weighted by Crippen LogP contribution is 2.24. The molecule has 0 amide bonds. The van der Waals surface area contributed by atoms with Gasteiger partial charge < -0.3 is 5.11 Å². The Morgan fingerprint density at radius 2 is 2.05 bits per heavy atom. The number of hydrogen-bond acceptors (Lipinski definition) is 5. The van der Waals surface area contributed by atoms with Crippen LogP contribution >= 0.6 is 0 Å². The van der Waals surface area contributed by atoms with E-state index < -0.39 is 27.5 Å². The smallest absolute Gasteiger partial charge is 0.318 e. The van der Waals surface area contributed by atoms with Crippen LogP contribution in [0.25, 0.3) is 0 Å². The van der Waals surface area contributed by atoms with Gasteiger partial charge in [-0.3, -0.25) is 14.9 Å². The third kappa shape index (κ3) is 3.99. The van der Waals surface area contributed by atoms with Crippen LogP contribution in [0.3, 0.4) is 0 Å². The van der Waals surface area contributed by atoms with Crippen molar-refractivity contribution in [1.82, 2.24) is 4.31 Å². The molecular weight excluding hydrogens is 300 g/mol. The standard InChI is InChI=1S/C12H16N2O6S/c1-3-6-13(8-12(15)16)21(19,20)10-5-4-9(2)11(7-10)14(17)18/h4-5,7H,3,6,8H2,1-2H3,(H,15,16). The highest BCUT2D eigenvalue weighted by Gasteiger charge is 2.27. The molecule has 8 nitrogen and oxygen atoms in total. The minimum Gasteiger partial charge on any atom is -0.480 e. The van der Waals surface area contributed by atoms with Gasteiger partial charge in [0.2, 0.25) is 10.0 Å². The average Bonchev–Trinajstić information content (AvgIpc) is 2.37. The quantitative estimate of drug-likeness (QED) is 0.600. The summed E-state index contributed by atoms with van der Waals surface area (Å²) in [5.74, 6) is -1.28. The summed E-state index contributed by atoms with van der Waals surface area (Å²) < 4.78 is 25.6. The first kappa shape index (κ1) is 17.1. The summed E-state index contributed by atoms with van der Waals surface area (Å²) in [6.45, 7) is 2.55. The Bertz CT molecular complexity index is 656. The number of carboxylic acid groups (broad SMARTS) is 1. The number of rotatable bonds is 7. The fourth-order valence-electron chi connectivity index (χ4n) is 1.78. The van der Waals surface area contributed by atoms with Crippen molar-refractivity contribution >= 4 is 21.7 Å². The van der Waals surface area contributed by atoms with Crippen LogP contribution in [-0.4, -0.2) is 41.8 Å². The summed E-state index contributed by atoms with van der Waals surface area (Å²) in [5, 5.41) is 19.7. The van der Waals surface area contributed by atoms with Crippen molar-refractivity contribution in [2.24, 2.45) is 0 Å². The minimum absolute atomic E-state index is 0.0241. The molecule has 1 aromatic carbocycles. The van der Waals surface area contributed by atoms with Crippen molar-refractivity contribution < 1.29 is 23.2 Å². The molecule has 0 spiro atoms. The monoisotopic (exact) mass is 316 g/mol. The lowest BCUT2D eigenvalue weighted by molar-refractivity contribution is -0.385. The van der Waals surface area contributed by atoms with Gasteiger partial charge in [0, 0.05) is 18.2 Å². The first-order valence-electron chi connectivity index (χ1n) is 6.17. The van der Waals surface area contributed by atoms with Crippen LogP contribution in [0.15, 0.2) is 23.1 Å². The van der Waals surface area contributed by atoms with E-state index in [2.05, 4.69) is 0 Å². The van der Waals surface area contributed by atoms with Gasteiger partial charge in [-0.25, -0.2) is 8.42 Å². The molecule has 0 aliphatic heterocycles. The van der Waals surface area contributed by atoms with Crippen LogP contribution < -0.4 is 0 Å². The van der Waals surface area contributed by atoms with Crippen molar-refractivity contribution in [3.63, 3.8) is 0 Å². The first-order chi connectivity index (χ1) is 9.70. The van der Waals surface area contributed by atoms with E-state index in [1.165, 1.54) is 19.1 Å². The van der Waals surface area contributed by atoms with Crippen LogP contribution in [0.4, 0.5) is 5.69 Å². The van der Waals surface area contributed by atoms with Gasteiger partial charge in [0.05, 0.1) is 9.82 Å². The van der Waals surface area contributed by atoms with Gasteiger partial charge in [-0.05, 0) is 19.4 Å². The zero-order valence-corrected chi connectivity index (χ0v) is 12.5.